The van der Waals surface area contributed by atoms with E-state index in [-0.39, 0.29) is 5.56 Å². The van der Waals surface area contributed by atoms with Gasteiger partial charge in [-0.3, -0.25) is 4.79 Å². The zero-order valence-corrected chi connectivity index (χ0v) is 12.2. The van der Waals surface area contributed by atoms with Gasteiger partial charge < -0.3 is 9.67 Å². The van der Waals surface area contributed by atoms with Crippen molar-refractivity contribution in [1.29, 1.82) is 0 Å². The molecular formula is C15H17NO3S. The molecule has 0 saturated heterocycles. The van der Waals surface area contributed by atoms with Gasteiger partial charge in [-0.05, 0) is 30.0 Å². The highest BCUT2D eigenvalue weighted by Crippen LogP contribution is 2.24. The number of hydrogen-bond donors (Lipinski definition) is 1. The van der Waals surface area contributed by atoms with Gasteiger partial charge in [-0.25, -0.2) is 4.79 Å². The van der Waals surface area contributed by atoms with Gasteiger partial charge >= 0.3 is 5.97 Å². The molecule has 0 aromatic carbocycles. The fourth-order valence-corrected chi connectivity index (χ4v) is 2.88. The lowest BCUT2D eigenvalue weighted by atomic mass is 10.2. The lowest BCUT2D eigenvalue weighted by molar-refractivity contribution is 0.0694. The molecule has 2 aromatic rings. The molecule has 1 N–H and O–H groups in total. The summed E-state index contributed by atoms with van der Waals surface area (Å²) >= 11 is 1.55. The minimum Gasteiger partial charge on any atom is -0.477 e. The molecule has 106 valence electrons. The van der Waals surface area contributed by atoms with Gasteiger partial charge in [0.2, 0.25) is 0 Å². The predicted molar refractivity (Wildman–Crippen MR) is 80.5 cm³/mol. The van der Waals surface area contributed by atoms with Gasteiger partial charge in [-0.15, -0.1) is 11.3 Å². The molecule has 2 aromatic heterocycles. The molecule has 0 amide bonds. The van der Waals surface area contributed by atoms with E-state index in [1.807, 2.05) is 17.5 Å². The fourth-order valence-electron chi connectivity index (χ4n) is 2.12. The third-order valence-electron chi connectivity index (χ3n) is 3.16. The minimum atomic E-state index is -1.17. The average Bonchev–Trinajstić information content (AvgIpc) is 2.94. The number of rotatable bonds is 6. The van der Waals surface area contributed by atoms with Crippen LogP contribution in [0.25, 0.3) is 10.6 Å². The van der Waals surface area contributed by atoms with Crippen LogP contribution in [-0.2, 0) is 6.54 Å². The van der Waals surface area contributed by atoms with Crippen LogP contribution in [0.3, 0.4) is 0 Å². The van der Waals surface area contributed by atoms with Crippen molar-refractivity contribution in [2.75, 3.05) is 0 Å². The summed E-state index contributed by atoms with van der Waals surface area (Å²) in [4.78, 5) is 24.4. The van der Waals surface area contributed by atoms with Crippen LogP contribution in [0.1, 0.15) is 36.5 Å². The monoisotopic (exact) mass is 291 g/mol. The number of unbranched alkanes of at least 4 members (excludes halogenated alkanes) is 2. The predicted octanol–water partition coefficient (Wildman–Crippen LogP) is 3.47. The number of aromatic nitrogens is 1. The number of nitrogens with zero attached hydrogens (tertiary/aromatic N) is 1. The molecule has 0 fully saturated rings. The molecule has 2 heterocycles. The highest BCUT2D eigenvalue weighted by atomic mass is 32.1. The van der Waals surface area contributed by atoms with E-state index in [1.54, 1.807) is 22.0 Å². The van der Waals surface area contributed by atoms with E-state index in [9.17, 15) is 9.59 Å². The zero-order chi connectivity index (χ0) is 14.5. The van der Waals surface area contributed by atoms with E-state index in [4.69, 9.17) is 5.11 Å². The van der Waals surface area contributed by atoms with Crippen LogP contribution < -0.4 is 5.56 Å². The lowest BCUT2D eigenvalue weighted by Crippen LogP contribution is -2.27. The summed E-state index contributed by atoms with van der Waals surface area (Å²) in [6.07, 6.45) is 2.95. The second kappa shape index (κ2) is 6.52. The van der Waals surface area contributed by atoms with E-state index >= 15 is 0 Å². The Morgan fingerprint density at radius 2 is 2.10 bits per heavy atom. The molecule has 0 atom stereocenters. The Kier molecular flexibility index (Phi) is 4.74. The van der Waals surface area contributed by atoms with Crippen LogP contribution in [0.15, 0.2) is 34.4 Å². The van der Waals surface area contributed by atoms with Crippen molar-refractivity contribution >= 4 is 17.3 Å². The lowest BCUT2D eigenvalue weighted by Gasteiger charge is -2.12. The van der Waals surface area contributed by atoms with Crippen molar-refractivity contribution in [1.82, 2.24) is 4.57 Å². The van der Waals surface area contributed by atoms with Gasteiger partial charge in [-0.2, -0.15) is 0 Å². The standard InChI is InChI=1S/C15H17NO3S/c1-2-3-4-9-16-12(13-6-5-10-20-13)8-7-11(14(16)17)15(18)19/h5-8,10H,2-4,9H2,1H3,(H,18,19). The van der Waals surface area contributed by atoms with Crippen molar-refractivity contribution in [2.45, 2.75) is 32.7 Å². The van der Waals surface area contributed by atoms with Gasteiger partial charge in [0.25, 0.3) is 5.56 Å². The summed E-state index contributed by atoms with van der Waals surface area (Å²) in [7, 11) is 0. The highest BCUT2D eigenvalue weighted by Gasteiger charge is 2.15. The number of pyridine rings is 1. The molecule has 4 nitrogen and oxygen atoms in total. The van der Waals surface area contributed by atoms with Crippen LogP contribution in [0, 0.1) is 0 Å². The maximum absolute atomic E-state index is 12.3. The van der Waals surface area contributed by atoms with Crippen molar-refractivity contribution in [3.05, 3.63) is 45.6 Å². The van der Waals surface area contributed by atoms with Crippen molar-refractivity contribution in [3.63, 3.8) is 0 Å². The molecule has 5 heteroatoms. The van der Waals surface area contributed by atoms with Gasteiger partial charge in [0.15, 0.2) is 0 Å². The van der Waals surface area contributed by atoms with E-state index in [0.717, 1.165) is 29.8 Å². The normalized spacial score (nSPS) is 10.7. The van der Waals surface area contributed by atoms with E-state index in [2.05, 4.69) is 6.92 Å². The van der Waals surface area contributed by atoms with Gasteiger partial charge in [-0.1, -0.05) is 25.8 Å². The molecular weight excluding hydrogens is 274 g/mol. The molecule has 0 bridgehead atoms. The van der Waals surface area contributed by atoms with Crippen LogP contribution in [-0.4, -0.2) is 15.6 Å². The summed E-state index contributed by atoms with van der Waals surface area (Å²) in [6, 6.07) is 6.99. The first-order valence-electron chi connectivity index (χ1n) is 6.66. The summed E-state index contributed by atoms with van der Waals surface area (Å²) in [5.74, 6) is -1.17. The first-order valence-corrected chi connectivity index (χ1v) is 7.54. The minimum absolute atomic E-state index is 0.165. The maximum Gasteiger partial charge on any atom is 0.341 e. The number of aromatic carboxylic acids is 1. The summed E-state index contributed by atoms with van der Waals surface area (Å²) in [6.45, 7) is 2.65. The Morgan fingerprint density at radius 3 is 2.70 bits per heavy atom. The fraction of sp³-hybridized carbons (Fsp3) is 0.333. The van der Waals surface area contributed by atoms with E-state index < -0.39 is 11.5 Å². The number of carboxylic acids is 1. The molecule has 0 saturated carbocycles. The molecule has 0 unspecified atom stereocenters. The zero-order valence-electron chi connectivity index (χ0n) is 11.3. The van der Waals surface area contributed by atoms with Crippen LogP contribution in [0.5, 0.6) is 0 Å². The van der Waals surface area contributed by atoms with E-state index in [1.165, 1.54) is 6.07 Å². The first kappa shape index (κ1) is 14.5. The molecule has 0 spiro atoms. The maximum atomic E-state index is 12.3. The van der Waals surface area contributed by atoms with Crippen LogP contribution in [0.4, 0.5) is 0 Å². The van der Waals surface area contributed by atoms with Crippen LogP contribution in [0.2, 0.25) is 0 Å². The number of carboxylic acid groups (broad SMARTS) is 1. The van der Waals surface area contributed by atoms with E-state index in [0.29, 0.717) is 6.54 Å². The topological polar surface area (TPSA) is 59.3 Å². The quantitative estimate of drug-likeness (QED) is 0.829. The molecule has 0 aliphatic rings. The SMILES string of the molecule is CCCCCn1c(-c2cccs2)ccc(C(=O)O)c1=O. The largest absolute Gasteiger partial charge is 0.477 e. The van der Waals surface area contributed by atoms with Gasteiger partial charge in [0.05, 0.1) is 10.6 Å². The number of carbonyl (C=O) groups is 1. The van der Waals surface area contributed by atoms with Crippen molar-refractivity contribution in [3.8, 4) is 10.6 Å². The Labute approximate surface area is 121 Å². The van der Waals surface area contributed by atoms with Gasteiger partial charge in [0.1, 0.15) is 5.56 Å². The Hall–Kier alpha value is -1.88. The summed E-state index contributed by atoms with van der Waals surface area (Å²) in [5.41, 5.74) is 0.215. The molecule has 20 heavy (non-hydrogen) atoms. The molecule has 0 radical (unpaired) electrons. The second-order valence-electron chi connectivity index (χ2n) is 4.58. The Balaban J connectivity index is 2.48. The van der Waals surface area contributed by atoms with Crippen molar-refractivity contribution in [2.24, 2.45) is 0 Å². The molecule has 0 aliphatic carbocycles. The third-order valence-corrected chi connectivity index (χ3v) is 4.06. The Bertz CT molecular complexity index is 644. The molecule has 0 aliphatic heterocycles. The van der Waals surface area contributed by atoms with Crippen LogP contribution >= 0.6 is 11.3 Å². The number of hydrogen-bond acceptors (Lipinski definition) is 3. The summed E-state index contributed by atoms with van der Waals surface area (Å²) < 4.78 is 1.59. The second-order valence-corrected chi connectivity index (χ2v) is 5.53. The smallest absolute Gasteiger partial charge is 0.341 e. The average molecular weight is 291 g/mol. The third kappa shape index (κ3) is 2.99. The van der Waals surface area contributed by atoms with Crippen molar-refractivity contribution < 1.29 is 9.90 Å². The summed E-state index contributed by atoms with van der Waals surface area (Å²) in [5, 5.41) is 11.0. The first-order chi connectivity index (χ1) is 9.65. The van der Waals surface area contributed by atoms with Gasteiger partial charge in [0, 0.05) is 6.54 Å². The highest BCUT2D eigenvalue weighted by molar-refractivity contribution is 7.13. The number of thiophene rings is 1. The Morgan fingerprint density at radius 1 is 1.30 bits per heavy atom. The molecule has 2 rings (SSSR count).